The van der Waals surface area contributed by atoms with E-state index in [9.17, 15) is 4.79 Å². The maximum absolute atomic E-state index is 12.1. The van der Waals surface area contributed by atoms with Crippen molar-refractivity contribution in [3.05, 3.63) is 35.1 Å². The van der Waals surface area contributed by atoms with E-state index in [2.05, 4.69) is 30.9 Å². The summed E-state index contributed by atoms with van der Waals surface area (Å²) in [6.45, 7) is 5.58. The monoisotopic (exact) mass is 227 g/mol. The van der Waals surface area contributed by atoms with Gasteiger partial charge in [0.05, 0.1) is 0 Å². The van der Waals surface area contributed by atoms with E-state index in [1.54, 1.807) is 0 Å². The second kappa shape index (κ2) is 2.74. The van der Waals surface area contributed by atoms with Crippen molar-refractivity contribution in [2.75, 3.05) is 6.54 Å². The standard InChI is InChI=1S/C15H17NO/c1-9(2)16-8-10-7-15(10)12-5-3-4-11(12)13(17)6-14(15)16/h3,5-6,9-10H,4,7-8H2,1-2H3. The molecule has 1 spiro atoms. The van der Waals surface area contributed by atoms with Crippen LogP contribution in [0, 0.1) is 11.3 Å². The highest BCUT2D eigenvalue weighted by Gasteiger charge is 2.66. The van der Waals surface area contributed by atoms with E-state index in [1.165, 1.54) is 17.7 Å². The summed E-state index contributed by atoms with van der Waals surface area (Å²) in [5, 5.41) is 0. The predicted molar refractivity (Wildman–Crippen MR) is 66.3 cm³/mol. The lowest BCUT2D eigenvalue weighted by molar-refractivity contribution is -0.111. The van der Waals surface area contributed by atoms with Crippen molar-refractivity contribution in [1.82, 2.24) is 4.90 Å². The lowest BCUT2D eigenvalue weighted by atomic mass is 9.83. The highest BCUT2D eigenvalue weighted by Crippen LogP contribution is 2.70. The van der Waals surface area contributed by atoms with Gasteiger partial charge in [-0.15, -0.1) is 0 Å². The van der Waals surface area contributed by atoms with E-state index in [0.717, 1.165) is 24.5 Å². The van der Waals surface area contributed by atoms with Crippen LogP contribution in [-0.2, 0) is 4.79 Å². The SMILES string of the molecule is CC(C)N1CC2CC23C1=CC(=O)C1=C3C=CC1. The minimum absolute atomic E-state index is 0.251. The zero-order valence-electron chi connectivity index (χ0n) is 10.4. The van der Waals surface area contributed by atoms with Gasteiger partial charge in [-0.1, -0.05) is 12.2 Å². The number of hydrogen-bond acceptors (Lipinski definition) is 2. The van der Waals surface area contributed by atoms with Crippen molar-refractivity contribution < 1.29 is 4.79 Å². The molecule has 0 radical (unpaired) electrons. The maximum atomic E-state index is 12.1. The smallest absolute Gasteiger partial charge is 0.184 e. The van der Waals surface area contributed by atoms with E-state index in [1.807, 2.05) is 6.08 Å². The van der Waals surface area contributed by atoms with Crippen LogP contribution in [0.15, 0.2) is 35.1 Å². The molecular weight excluding hydrogens is 210 g/mol. The molecular formula is C15H17NO. The predicted octanol–water partition coefficient (Wildman–Crippen LogP) is 2.44. The first-order valence-corrected chi connectivity index (χ1v) is 6.58. The highest BCUT2D eigenvalue weighted by atomic mass is 16.1. The Morgan fingerprint density at radius 1 is 1.47 bits per heavy atom. The van der Waals surface area contributed by atoms with Crippen molar-refractivity contribution in [1.29, 1.82) is 0 Å². The Labute approximate surface area is 102 Å². The van der Waals surface area contributed by atoms with Crippen molar-refractivity contribution >= 4 is 5.78 Å². The number of carbonyl (C=O) groups excluding carboxylic acids is 1. The number of likely N-dealkylation sites (tertiary alicyclic amines) is 1. The van der Waals surface area contributed by atoms with Gasteiger partial charge in [-0.25, -0.2) is 0 Å². The molecule has 0 N–H and O–H groups in total. The molecule has 88 valence electrons. The quantitative estimate of drug-likeness (QED) is 0.685. The largest absolute Gasteiger partial charge is 0.371 e. The van der Waals surface area contributed by atoms with Gasteiger partial charge in [-0.2, -0.15) is 0 Å². The molecule has 1 aliphatic heterocycles. The average molecular weight is 227 g/mol. The summed E-state index contributed by atoms with van der Waals surface area (Å²) in [4.78, 5) is 14.6. The summed E-state index contributed by atoms with van der Waals surface area (Å²) >= 11 is 0. The fraction of sp³-hybridized carbons (Fsp3) is 0.533. The molecule has 2 heteroatoms. The van der Waals surface area contributed by atoms with E-state index in [-0.39, 0.29) is 11.2 Å². The van der Waals surface area contributed by atoms with Crippen molar-refractivity contribution in [3.63, 3.8) is 0 Å². The van der Waals surface area contributed by atoms with Crippen LogP contribution in [0.4, 0.5) is 0 Å². The van der Waals surface area contributed by atoms with Crippen LogP contribution >= 0.6 is 0 Å². The number of nitrogens with zero attached hydrogens (tertiary/aromatic N) is 1. The van der Waals surface area contributed by atoms with Crippen LogP contribution in [0.1, 0.15) is 26.7 Å². The molecule has 3 aliphatic carbocycles. The summed E-state index contributed by atoms with van der Waals surface area (Å²) in [6, 6.07) is 0.506. The van der Waals surface area contributed by atoms with Crippen LogP contribution < -0.4 is 0 Å². The van der Waals surface area contributed by atoms with Crippen LogP contribution in [-0.4, -0.2) is 23.3 Å². The van der Waals surface area contributed by atoms with Crippen LogP contribution in [0.2, 0.25) is 0 Å². The Hall–Kier alpha value is -1.31. The van der Waals surface area contributed by atoms with Gasteiger partial charge in [-0.05, 0) is 38.2 Å². The van der Waals surface area contributed by atoms with E-state index in [4.69, 9.17) is 0 Å². The molecule has 4 rings (SSSR count). The maximum Gasteiger partial charge on any atom is 0.184 e. The second-order valence-corrected chi connectivity index (χ2v) is 6.01. The summed E-state index contributed by atoms with van der Waals surface area (Å²) in [6.07, 6.45) is 8.41. The number of hydrogen-bond donors (Lipinski definition) is 0. The van der Waals surface area contributed by atoms with Gasteiger partial charge in [0.1, 0.15) is 0 Å². The normalized spacial score (nSPS) is 37.4. The lowest BCUT2D eigenvalue weighted by Crippen LogP contribution is -2.32. The average Bonchev–Trinajstić information content (AvgIpc) is 2.71. The van der Waals surface area contributed by atoms with Gasteiger partial charge in [-0.3, -0.25) is 4.79 Å². The van der Waals surface area contributed by atoms with Gasteiger partial charge in [0, 0.05) is 35.3 Å². The first-order valence-electron chi connectivity index (χ1n) is 6.58. The fourth-order valence-electron chi connectivity index (χ4n) is 3.99. The summed E-state index contributed by atoms with van der Waals surface area (Å²) < 4.78 is 0. The summed E-state index contributed by atoms with van der Waals surface area (Å²) in [5.74, 6) is 1.01. The summed E-state index contributed by atoms with van der Waals surface area (Å²) in [7, 11) is 0. The second-order valence-electron chi connectivity index (χ2n) is 6.01. The van der Waals surface area contributed by atoms with Crippen molar-refractivity contribution in [2.45, 2.75) is 32.7 Å². The van der Waals surface area contributed by atoms with Crippen molar-refractivity contribution in [3.8, 4) is 0 Å². The Morgan fingerprint density at radius 3 is 3.06 bits per heavy atom. The first kappa shape index (κ1) is 9.69. The minimum atomic E-state index is 0.251. The Kier molecular flexibility index (Phi) is 1.56. The lowest BCUT2D eigenvalue weighted by Gasteiger charge is -2.33. The number of allylic oxidation sites excluding steroid dienone is 5. The summed E-state index contributed by atoms with van der Waals surface area (Å²) in [5.41, 5.74) is 3.99. The van der Waals surface area contributed by atoms with Gasteiger partial charge in [0.15, 0.2) is 5.78 Å². The zero-order chi connectivity index (χ0) is 11.8. The first-order chi connectivity index (χ1) is 8.14. The topological polar surface area (TPSA) is 20.3 Å². The van der Waals surface area contributed by atoms with Gasteiger partial charge >= 0.3 is 0 Å². The number of rotatable bonds is 1. The molecule has 2 nitrogen and oxygen atoms in total. The molecule has 4 aliphatic rings. The van der Waals surface area contributed by atoms with Gasteiger partial charge < -0.3 is 4.90 Å². The molecule has 0 amide bonds. The molecule has 0 aromatic heterocycles. The number of carbonyl (C=O) groups is 1. The minimum Gasteiger partial charge on any atom is -0.371 e. The number of ketones is 1. The van der Waals surface area contributed by atoms with Crippen LogP contribution in [0.3, 0.4) is 0 Å². The Morgan fingerprint density at radius 2 is 2.29 bits per heavy atom. The van der Waals surface area contributed by atoms with Crippen LogP contribution in [0.5, 0.6) is 0 Å². The van der Waals surface area contributed by atoms with E-state index < -0.39 is 0 Å². The van der Waals surface area contributed by atoms with Gasteiger partial charge in [0.2, 0.25) is 0 Å². The van der Waals surface area contributed by atoms with Crippen molar-refractivity contribution in [2.24, 2.45) is 11.3 Å². The van der Waals surface area contributed by atoms with Crippen LogP contribution in [0.25, 0.3) is 0 Å². The van der Waals surface area contributed by atoms with E-state index >= 15 is 0 Å². The Bertz CT molecular complexity index is 523. The Balaban J connectivity index is 1.86. The highest BCUT2D eigenvalue weighted by molar-refractivity contribution is 6.08. The third kappa shape index (κ3) is 0.958. The molecule has 2 atom stereocenters. The fourth-order valence-corrected chi connectivity index (χ4v) is 3.99. The molecule has 1 saturated carbocycles. The molecule has 1 saturated heterocycles. The molecule has 2 fully saturated rings. The molecule has 0 bridgehead atoms. The number of piperidine rings is 1. The van der Waals surface area contributed by atoms with Gasteiger partial charge in [0.25, 0.3) is 0 Å². The molecule has 0 aromatic rings. The molecule has 0 aromatic carbocycles. The third-order valence-corrected chi connectivity index (χ3v) is 4.89. The zero-order valence-corrected chi connectivity index (χ0v) is 10.4. The molecule has 2 unspecified atom stereocenters. The molecule has 1 heterocycles. The van der Waals surface area contributed by atoms with E-state index in [0.29, 0.717) is 6.04 Å². The molecule has 17 heavy (non-hydrogen) atoms. The third-order valence-electron chi connectivity index (χ3n) is 4.89.